The number of hydrogen-bond acceptors (Lipinski definition) is 2. The summed E-state index contributed by atoms with van der Waals surface area (Å²) in [6, 6.07) is 7.42. The lowest BCUT2D eigenvalue weighted by Crippen LogP contribution is -2.08. The van der Waals surface area contributed by atoms with Crippen LogP contribution in [-0.2, 0) is 12.6 Å². The van der Waals surface area contributed by atoms with Crippen molar-refractivity contribution in [1.82, 2.24) is 0 Å². The van der Waals surface area contributed by atoms with Gasteiger partial charge >= 0.3 is 6.18 Å². The second-order valence-corrected chi connectivity index (χ2v) is 5.45. The molecule has 0 aliphatic rings. The number of halogens is 4. The summed E-state index contributed by atoms with van der Waals surface area (Å²) in [5, 5.41) is 5.00. The fourth-order valence-corrected chi connectivity index (χ4v) is 2.58. The standard InChI is InChI=1S/C13H11ClF3NS/c14-10-6-9(13(15,16)17)7-11(8-10)18-4-3-12-2-1-5-19-12/h1-2,5-8,18H,3-4H2. The van der Waals surface area contributed by atoms with Crippen molar-refractivity contribution in [2.45, 2.75) is 12.6 Å². The summed E-state index contributed by atoms with van der Waals surface area (Å²) < 4.78 is 37.8. The summed E-state index contributed by atoms with van der Waals surface area (Å²) in [5.41, 5.74) is -0.352. The van der Waals surface area contributed by atoms with Crippen LogP contribution in [0.25, 0.3) is 0 Å². The average Bonchev–Trinajstić information content (AvgIpc) is 2.80. The largest absolute Gasteiger partial charge is 0.416 e. The predicted octanol–water partition coefficient (Wildman–Crippen LogP) is 5.07. The zero-order valence-electron chi connectivity index (χ0n) is 9.80. The third kappa shape index (κ3) is 4.14. The first-order chi connectivity index (χ1) is 8.95. The molecule has 0 unspecified atom stereocenters. The van der Waals surface area contributed by atoms with Crippen LogP contribution in [0.5, 0.6) is 0 Å². The van der Waals surface area contributed by atoms with Crippen molar-refractivity contribution in [2.75, 3.05) is 11.9 Å². The highest BCUT2D eigenvalue weighted by Gasteiger charge is 2.31. The maximum Gasteiger partial charge on any atom is 0.416 e. The van der Waals surface area contributed by atoms with Crippen molar-refractivity contribution in [1.29, 1.82) is 0 Å². The van der Waals surface area contributed by atoms with E-state index in [2.05, 4.69) is 5.32 Å². The van der Waals surface area contributed by atoms with Gasteiger partial charge in [-0.1, -0.05) is 17.7 Å². The molecule has 1 aromatic carbocycles. The number of hydrogen-bond donors (Lipinski definition) is 1. The fourth-order valence-electron chi connectivity index (χ4n) is 1.64. The third-order valence-electron chi connectivity index (χ3n) is 2.51. The van der Waals surface area contributed by atoms with E-state index in [1.165, 1.54) is 10.9 Å². The molecule has 19 heavy (non-hydrogen) atoms. The summed E-state index contributed by atoms with van der Waals surface area (Å²) >= 11 is 7.32. The first-order valence-electron chi connectivity index (χ1n) is 5.59. The monoisotopic (exact) mass is 305 g/mol. The van der Waals surface area contributed by atoms with Gasteiger partial charge in [0.25, 0.3) is 0 Å². The Labute approximate surface area is 118 Å². The van der Waals surface area contributed by atoms with Crippen LogP contribution >= 0.6 is 22.9 Å². The molecule has 102 valence electrons. The van der Waals surface area contributed by atoms with Crippen molar-refractivity contribution in [2.24, 2.45) is 0 Å². The van der Waals surface area contributed by atoms with Gasteiger partial charge in [-0.25, -0.2) is 0 Å². The van der Waals surface area contributed by atoms with E-state index in [0.717, 1.165) is 18.6 Å². The molecular formula is C13H11ClF3NS. The van der Waals surface area contributed by atoms with Gasteiger partial charge in [0.2, 0.25) is 0 Å². The minimum absolute atomic E-state index is 0.0773. The van der Waals surface area contributed by atoms with E-state index in [0.29, 0.717) is 12.2 Å². The molecule has 0 saturated carbocycles. The van der Waals surface area contributed by atoms with Gasteiger partial charge in [0.15, 0.2) is 0 Å². The van der Waals surface area contributed by atoms with E-state index in [1.54, 1.807) is 11.3 Å². The van der Waals surface area contributed by atoms with E-state index >= 15 is 0 Å². The zero-order valence-corrected chi connectivity index (χ0v) is 11.4. The molecule has 0 bridgehead atoms. The van der Waals surface area contributed by atoms with Crippen molar-refractivity contribution in [3.63, 3.8) is 0 Å². The van der Waals surface area contributed by atoms with Crippen LogP contribution in [0.4, 0.5) is 18.9 Å². The highest BCUT2D eigenvalue weighted by Crippen LogP contribution is 2.33. The lowest BCUT2D eigenvalue weighted by Gasteiger charge is -2.11. The van der Waals surface area contributed by atoms with E-state index in [1.807, 2.05) is 17.5 Å². The molecule has 2 aromatic rings. The molecule has 2 rings (SSSR count). The van der Waals surface area contributed by atoms with Gasteiger partial charge in [0.05, 0.1) is 5.56 Å². The van der Waals surface area contributed by atoms with Crippen molar-refractivity contribution >= 4 is 28.6 Å². The van der Waals surface area contributed by atoms with Crippen LogP contribution < -0.4 is 5.32 Å². The second kappa shape index (κ2) is 5.84. The van der Waals surface area contributed by atoms with Crippen LogP contribution in [0, 0.1) is 0 Å². The molecule has 0 aliphatic carbocycles. The number of benzene rings is 1. The maximum atomic E-state index is 12.6. The van der Waals surface area contributed by atoms with Gasteiger partial charge in [-0.2, -0.15) is 13.2 Å². The quantitative estimate of drug-likeness (QED) is 0.831. The highest BCUT2D eigenvalue weighted by molar-refractivity contribution is 7.09. The highest BCUT2D eigenvalue weighted by atomic mass is 35.5. The molecule has 0 spiro atoms. The first-order valence-corrected chi connectivity index (χ1v) is 6.85. The lowest BCUT2D eigenvalue weighted by atomic mass is 10.2. The average molecular weight is 306 g/mol. The van der Waals surface area contributed by atoms with Crippen LogP contribution in [-0.4, -0.2) is 6.54 Å². The Morgan fingerprint density at radius 2 is 2.00 bits per heavy atom. The van der Waals surface area contributed by atoms with Crippen LogP contribution in [0.3, 0.4) is 0 Å². The number of thiophene rings is 1. The molecular weight excluding hydrogens is 295 g/mol. The number of alkyl halides is 3. The Bertz CT molecular complexity index is 537. The van der Waals surface area contributed by atoms with Gasteiger partial charge in [0.1, 0.15) is 0 Å². The molecule has 0 aliphatic heterocycles. The van der Waals surface area contributed by atoms with Crippen molar-refractivity contribution < 1.29 is 13.2 Å². The Kier molecular flexibility index (Phi) is 4.37. The zero-order chi connectivity index (χ0) is 13.9. The van der Waals surface area contributed by atoms with E-state index in [-0.39, 0.29) is 5.02 Å². The van der Waals surface area contributed by atoms with Crippen molar-refractivity contribution in [3.8, 4) is 0 Å². The molecule has 0 saturated heterocycles. The fraction of sp³-hybridized carbons (Fsp3) is 0.231. The summed E-state index contributed by atoms with van der Waals surface area (Å²) in [6.07, 6.45) is -3.61. The molecule has 0 radical (unpaired) electrons. The van der Waals surface area contributed by atoms with E-state index < -0.39 is 11.7 Å². The number of rotatable bonds is 4. The van der Waals surface area contributed by atoms with Gasteiger partial charge in [-0.05, 0) is 36.1 Å². The Hall–Kier alpha value is -1.20. The van der Waals surface area contributed by atoms with Crippen molar-refractivity contribution in [3.05, 3.63) is 51.2 Å². The van der Waals surface area contributed by atoms with E-state index in [4.69, 9.17) is 11.6 Å². The lowest BCUT2D eigenvalue weighted by molar-refractivity contribution is -0.137. The minimum atomic E-state index is -4.38. The first kappa shape index (κ1) is 14.2. The Morgan fingerprint density at radius 1 is 1.21 bits per heavy atom. The molecule has 0 fully saturated rings. The van der Waals surface area contributed by atoms with Crippen LogP contribution in [0.15, 0.2) is 35.7 Å². The Morgan fingerprint density at radius 3 is 2.63 bits per heavy atom. The van der Waals surface area contributed by atoms with Crippen LogP contribution in [0.2, 0.25) is 5.02 Å². The Balaban J connectivity index is 2.02. The number of anilines is 1. The van der Waals surface area contributed by atoms with Gasteiger partial charge in [-0.15, -0.1) is 11.3 Å². The topological polar surface area (TPSA) is 12.0 Å². The normalized spacial score (nSPS) is 11.6. The molecule has 1 aromatic heterocycles. The smallest absolute Gasteiger partial charge is 0.385 e. The second-order valence-electron chi connectivity index (χ2n) is 3.98. The molecule has 1 heterocycles. The van der Waals surface area contributed by atoms with Gasteiger partial charge in [0, 0.05) is 22.1 Å². The van der Waals surface area contributed by atoms with Gasteiger partial charge < -0.3 is 5.32 Å². The van der Waals surface area contributed by atoms with Gasteiger partial charge in [-0.3, -0.25) is 0 Å². The molecule has 6 heteroatoms. The predicted molar refractivity (Wildman–Crippen MR) is 73.0 cm³/mol. The number of nitrogens with one attached hydrogen (secondary N) is 1. The minimum Gasteiger partial charge on any atom is -0.385 e. The maximum absolute atomic E-state index is 12.6. The molecule has 0 amide bonds. The summed E-state index contributed by atoms with van der Waals surface area (Å²) in [7, 11) is 0. The summed E-state index contributed by atoms with van der Waals surface area (Å²) in [5.74, 6) is 0. The van der Waals surface area contributed by atoms with Crippen LogP contribution in [0.1, 0.15) is 10.4 Å². The SMILES string of the molecule is FC(F)(F)c1cc(Cl)cc(NCCc2cccs2)c1. The summed E-state index contributed by atoms with van der Waals surface area (Å²) in [4.78, 5) is 1.19. The molecule has 0 atom stereocenters. The van der Waals surface area contributed by atoms with E-state index in [9.17, 15) is 13.2 Å². The third-order valence-corrected chi connectivity index (χ3v) is 3.66. The molecule has 1 N–H and O–H groups in total. The summed E-state index contributed by atoms with van der Waals surface area (Å²) in [6.45, 7) is 0.568. The molecule has 1 nitrogen and oxygen atoms in total.